The number of carbonyl (C=O) groups excluding carboxylic acids is 2. The van der Waals surface area contributed by atoms with E-state index in [-0.39, 0.29) is 5.91 Å². The molecule has 0 saturated carbocycles. The van der Waals surface area contributed by atoms with Crippen molar-refractivity contribution in [3.63, 3.8) is 0 Å². The van der Waals surface area contributed by atoms with E-state index in [0.29, 0.717) is 12.2 Å². The van der Waals surface area contributed by atoms with E-state index in [0.717, 1.165) is 6.42 Å². The summed E-state index contributed by atoms with van der Waals surface area (Å²) in [5.74, 6) is -0.632. The number of hydrogen-bond donors (Lipinski definition) is 1. The van der Waals surface area contributed by atoms with Crippen LogP contribution in [-0.2, 0) is 14.3 Å². The van der Waals surface area contributed by atoms with Gasteiger partial charge in [-0.25, -0.2) is 4.79 Å². The molecule has 1 amide bonds. The number of ether oxygens (including phenoxy) is 1. The van der Waals surface area contributed by atoms with Gasteiger partial charge in [-0.2, -0.15) is 0 Å². The minimum absolute atomic E-state index is 0.225. The zero-order valence-electron chi connectivity index (χ0n) is 9.79. The predicted octanol–water partition coefficient (Wildman–Crippen LogP) is 1.41. The Labute approximate surface area is 90.7 Å². The van der Waals surface area contributed by atoms with Gasteiger partial charge in [-0.05, 0) is 27.2 Å². The Morgan fingerprint density at radius 1 is 1.40 bits per heavy atom. The lowest BCUT2D eigenvalue weighted by molar-refractivity contribution is -0.146. The summed E-state index contributed by atoms with van der Waals surface area (Å²) in [6.45, 7) is 7.33. The Kier molecular flexibility index (Phi) is 6.42. The molecule has 0 aliphatic rings. The molecule has 0 spiro atoms. The van der Waals surface area contributed by atoms with Gasteiger partial charge in [0.05, 0.1) is 6.61 Å². The third kappa shape index (κ3) is 5.20. The smallest absolute Gasteiger partial charge is 0.328 e. The maximum Gasteiger partial charge on any atom is 0.328 e. The first-order valence-corrected chi connectivity index (χ1v) is 5.17. The molecule has 0 bridgehead atoms. The molecule has 0 fully saturated rings. The number of amides is 1. The predicted molar refractivity (Wildman–Crippen MR) is 58.3 cm³/mol. The minimum Gasteiger partial charge on any atom is -0.464 e. The van der Waals surface area contributed by atoms with Crippen LogP contribution in [0.1, 0.15) is 34.1 Å². The monoisotopic (exact) mass is 213 g/mol. The van der Waals surface area contributed by atoms with Gasteiger partial charge in [0.1, 0.15) is 6.04 Å². The molecule has 15 heavy (non-hydrogen) atoms. The third-order valence-corrected chi connectivity index (χ3v) is 1.86. The standard InChI is InChI=1S/C11H19NO3/c1-5-7-8(3)10(13)12-9(4)11(14)15-6-2/h7,9H,5-6H2,1-4H3,(H,12,13)/b8-7+. The lowest BCUT2D eigenvalue weighted by Crippen LogP contribution is -2.39. The van der Waals surface area contributed by atoms with Crippen LogP contribution in [0, 0.1) is 0 Å². The molecule has 4 nitrogen and oxygen atoms in total. The highest BCUT2D eigenvalue weighted by Crippen LogP contribution is 1.97. The molecule has 0 saturated heterocycles. The fourth-order valence-corrected chi connectivity index (χ4v) is 1.04. The fraction of sp³-hybridized carbons (Fsp3) is 0.636. The van der Waals surface area contributed by atoms with Crippen molar-refractivity contribution in [3.05, 3.63) is 11.6 Å². The number of carbonyl (C=O) groups is 2. The van der Waals surface area contributed by atoms with Crippen LogP contribution in [0.15, 0.2) is 11.6 Å². The van der Waals surface area contributed by atoms with Gasteiger partial charge in [-0.15, -0.1) is 0 Å². The number of allylic oxidation sites excluding steroid dienone is 1. The largest absolute Gasteiger partial charge is 0.464 e. The van der Waals surface area contributed by atoms with Crippen molar-refractivity contribution in [1.82, 2.24) is 5.32 Å². The Morgan fingerprint density at radius 2 is 2.00 bits per heavy atom. The van der Waals surface area contributed by atoms with Crippen molar-refractivity contribution in [3.8, 4) is 0 Å². The van der Waals surface area contributed by atoms with E-state index in [1.54, 1.807) is 20.8 Å². The summed E-state index contributed by atoms with van der Waals surface area (Å²) in [4.78, 5) is 22.7. The highest BCUT2D eigenvalue weighted by atomic mass is 16.5. The molecule has 1 unspecified atom stereocenters. The number of hydrogen-bond acceptors (Lipinski definition) is 3. The van der Waals surface area contributed by atoms with Crippen LogP contribution >= 0.6 is 0 Å². The Morgan fingerprint density at radius 3 is 2.47 bits per heavy atom. The average Bonchev–Trinajstić information content (AvgIpc) is 2.18. The summed E-state index contributed by atoms with van der Waals surface area (Å²) in [5, 5.41) is 2.57. The van der Waals surface area contributed by atoms with Gasteiger partial charge in [0.2, 0.25) is 5.91 Å². The van der Waals surface area contributed by atoms with Crippen LogP contribution < -0.4 is 5.32 Å². The van der Waals surface area contributed by atoms with Crippen LogP contribution in [-0.4, -0.2) is 24.5 Å². The van der Waals surface area contributed by atoms with Crippen LogP contribution in [0.2, 0.25) is 0 Å². The van der Waals surface area contributed by atoms with E-state index in [1.807, 2.05) is 13.0 Å². The van der Waals surface area contributed by atoms with E-state index >= 15 is 0 Å². The normalized spacial score (nSPS) is 13.2. The second kappa shape index (κ2) is 7.04. The summed E-state index contributed by atoms with van der Waals surface area (Å²) < 4.78 is 4.77. The molecule has 0 rings (SSSR count). The van der Waals surface area contributed by atoms with E-state index in [1.165, 1.54) is 0 Å². The van der Waals surface area contributed by atoms with Crippen molar-refractivity contribution in [2.24, 2.45) is 0 Å². The van der Waals surface area contributed by atoms with Gasteiger partial charge >= 0.3 is 5.97 Å². The van der Waals surface area contributed by atoms with E-state index in [4.69, 9.17) is 4.74 Å². The SMILES string of the molecule is CC/C=C(\C)C(=O)NC(C)C(=O)OCC. The lowest BCUT2D eigenvalue weighted by Gasteiger charge is -2.12. The van der Waals surface area contributed by atoms with Gasteiger partial charge in [0.25, 0.3) is 0 Å². The maximum atomic E-state index is 11.5. The summed E-state index contributed by atoms with van der Waals surface area (Å²) >= 11 is 0. The van der Waals surface area contributed by atoms with Gasteiger partial charge < -0.3 is 10.1 Å². The summed E-state index contributed by atoms with van der Waals surface area (Å²) in [5.41, 5.74) is 0.619. The molecule has 0 aromatic carbocycles. The van der Waals surface area contributed by atoms with Crippen LogP contribution in [0.4, 0.5) is 0 Å². The minimum atomic E-state index is -0.599. The van der Waals surface area contributed by atoms with Crippen LogP contribution in [0.3, 0.4) is 0 Å². The second-order valence-corrected chi connectivity index (χ2v) is 3.24. The maximum absolute atomic E-state index is 11.5. The fourth-order valence-electron chi connectivity index (χ4n) is 1.04. The topological polar surface area (TPSA) is 55.4 Å². The molecule has 0 aliphatic heterocycles. The Bertz CT molecular complexity index is 259. The molecule has 0 heterocycles. The highest BCUT2D eigenvalue weighted by Gasteiger charge is 2.16. The van der Waals surface area contributed by atoms with Crippen molar-refractivity contribution in [2.75, 3.05) is 6.61 Å². The Hall–Kier alpha value is -1.32. The summed E-state index contributed by atoms with van der Waals surface area (Å²) in [6, 6.07) is -0.599. The third-order valence-electron chi connectivity index (χ3n) is 1.86. The van der Waals surface area contributed by atoms with Gasteiger partial charge in [-0.3, -0.25) is 4.79 Å². The molecule has 0 aliphatic carbocycles. The number of rotatable bonds is 5. The molecule has 0 aromatic heterocycles. The molecule has 0 radical (unpaired) electrons. The van der Waals surface area contributed by atoms with Crippen molar-refractivity contribution in [2.45, 2.75) is 40.2 Å². The number of nitrogens with one attached hydrogen (secondary N) is 1. The quantitative estimate of drug-likeness (QED) is 0.555. The molecule has 0 aromatic rings. The van der Waals surface area contributed by atoms with E-state index < -0.39 is 12.0 Å². The number of esters is 1. The van der Waals surface area contributed by atoms with Crippen molar-refractivity contribution < 1.29 is 14.3 Å². The van der Waals surface area contributed by atoms with Crippen molar-refractivity contribution in [1.29, 1.82) is 0 Å². The highest BCUT2D eigenvalue weighted by molar-refractivity contribution is 5.95. The van der Waals surface area contributed by atoms with Gasteiger partial charge in [-0.1, -0.05) is 13.0 Å². The first-order chi connectivity index (χ1) is 7.02. The molecule has 4 heteroatoms. The Balaban J connectivity index is 4.18. The van der Waals surface area contributed by atoms with Gasteiger partial charge in [0.15, 0.2) is 0 Å². The first kappa shape index (κ1) is 13.7. The first-order valence-electron chi connectivity index (χ1n) is 5.17. The second-order valence-electron chi connectivity index (χ2n) is 3.24. The van der Waals surface area contributed by atoms with E-state index in [9.17, 15) is 9.59 Å². The summed E-state index contributed by atoms with van der Waals surface area (Å²) in [6.07, 6.45) is 2.61. The molecule has 1 N–H and O–H groups in total. The molecule has 86 valence electrons. The van der Waals surface area contributed by atoms with Gasteiger partial charge in [0, 0.05) is 5.57 Å². The van der Waals surface area contributed by atoms with Crippen LogP contribution in [0.5, 0.6) is 0 Å². The summed E-state index contributed by atoms with van der Waals surface area (Å²) in [7, 11) is 0. The average molecular weight is 213 g/mol. The van der Waals surface area contributed by atoms with Crippen molar-refractivity contribution >= 4 is 11.9 Å². The van der Waals surface area contributed by atoms with E-state index in [2.05, 4.69) is 5.32 Å². The zero-order valence-corrected chi connectivity index (χ0v) is 9.79. The lowest BCUT2D eigenvalue weighted by atomic mass is 10.2. The molecule has 1 atom stereocenters. The molecular weight excluding hydrogens is 194 g/mol. The molecular formula is C11H19NO3. The van der Waals surface area contributed by atoms with Crippen LogP contribution in [0.25, 0.3) is 0 Å². The zero-order chi connectivity index (χ0) is 11.8.